The summed E-state index contributed by atoms with van der Waals surface area (Å²) < 4.78 is 6.91. The van der Waals surface area contributed by atoms with Gasteiger partial charge in [-0.25, -0.2) is 4.98 Å². The van der Waals surface area contributed by atoms with Crippen LogP contribution >= 0.6 is 28.3 Å². The molecule has 3 nitrogen and oxygen atoms in total. The summed E-state index contributed by atoms with van der Waals surface area (Å²) in [4.78, 5) is 9.41. The van der Waals surface area contributed by atoms with Gasteiger partial charge >= 0.3 is 0 Å². The molecule has 1 aliphatic heterocycles. The Hall–Kier alpha value is -2.17. The number of benzene rings is 2. The van der Waals surface area contributed by atoms with Crippen molar-refractivity contribution in [3.05, 3.63) is 64.8 Å². The van der Waals surface area contributed by atoms with Gasteiger partial charge in [0.05, 0.1) is 22.9 Å². The lowest BCUT2D eigenvalue weighted by molar-refractivity contribution is 0.301. The van der Waals surface area contributed by atoms with E-state index in [9.17, 15) is 0 Å². The van der Waals surface area contributed by atoms with Gasteiger partial charge in [0.25, 0.3) is 0 Å². The van der Waals surface area contributed by atoms with Gasteiger partial charge in [0, 0.05) is 26.4 Å². The van der Waals surface area contributed by atoms with Crippen molar-refractivity contribution in [2.24, 2.45) is 0 Å². The Balaban J connectivity index is 0.00000146. The first kappa shape index (κ1) is 15.4. The molecule has 0 atom stereocenters. The largest absolute Gasteiger partial charge is 0.488 e. The van der Waals surface area contributed by atoms with E-state index in [4.69, 9.17) is 9.72 Å². The van der Waals surface area contributed by atoms with E-state index < -0.39 is 0 Å². The Morgan fingerprint density at radius 3 is 2.75 bits per heavy atom. The van der Waals surface area contributed by atoms with Gasteiger partial charge in [-0.05, 0) is 30.3 Å². The van der Waals surface area contributed by atoms with Crippen molar-refractivity contribution in [3.8, 4) is 17.0 Å². The lowest BCUT2D eigenvalue weighted by atomic mass is 10.00. The Labute approximate surface area is 153 Å². The lowest BCUT2D eigenvalue weighted by Crippen LogP contribution is -2.07. The molecule has 0 spiro atoms. The third kappa shape index (κ3) is 2.26. The zero-order valence-corrected chi connectivity index (χ0v) is 14.9. The summed E-state index contributed by atoms with van der Waals surface area (Å²) in [5, 5.41) is 2.25. The smallest absolute Gasteiger partial charge is 0.129 e. The minimum Gasteiger partial charge on any atom is -0.488 e. The van der Waals surface area contributed by atoms with Crippen molar-refractivity contribution in [3.63, 3.8) is 0 Å². The van der Waals surface area contributed by atoms with Gasteiger partial charge < -0.3 is 4.74 Å². The fourth-order valence-corrected chi connectivity index (χ4v) is 3.50. The Kier molecular flexibility index (Phi) is 3.66. The maximum atomic E-state index is 5.89. The van der Waals surface area contributed by atoms with Crippen molar-refractivity contribution in [1.82, 2.24) is 9.97 Å². The maximum Gasteiger partial charge on any atom is 0.129 e. The van der Waals surface area contributed by atoms with E-state index in [0.29, 0.717) is 6.61 Å². The second-order valence-electron chi connectivity index (χ2n) is 5.63. The number of hydrogen-bond donors (Lipinski definition) is 0. The summed E-state index contributed by atoms with van der Waals surface area (Å²) in [7, 11) is 0. The molecule has 0 saturated heterocycles. The number of fused-ring (bicyclic) bond motifs is 6. The van der Waals surface area contributed by atoms with E-state index in [-0.39, 0.29) is 12.4 Å². The standard InChI is InChI=1S/C19H11BrN2O.ClH/c20-12-5-6-18-15(8-12)19-11(10-23-18)7-14-13-3-1-2-4-16(13)21-9-17(14)22-19;/h1-9H,10H2;1H. The van der Waals surface area contributed by atoms with Crippen LogP contribution in [0.5, 0.6) is 5.75 Å². The molecule has 0 amide bonds. The molecule has 2 aromatic carbocycles. The zero-order valence-electron chi connectivity index (χ0n) is 12.5. The Bertz CT molecular complexity index is 1100. The van der Waals surface area contributed by atoms with Crippen molar-refractivity contribution < 1.29 is 4.74 Å². The second-order valence-corrected chi connectivity index (χ2v) is 6.55. The van der Waals surface area contributed by atoms with E-state index in [1.165, 1.54) is 0 Å². The molecule has 4 aromatic rings. The fourth-order valence-electron chi connectivity index (χ4n) is 3.14. The maximum absolute atomic E-state index is 5.89. The molecule has 0 saturated carbocycles. The zero-order chi connectivity index (χ0) is 15.4. The topological polar surface area (TPSA) is 35.0 Å². The van der Waals surface area contributed by atoms with E-state index in [0.717, 1.165) is 48.8 Å². The first-order valence-electron chi connectivity index (χ1n) is 7.40. The summed E-state index contributed by atoms with van der Waals surface area (Å²) >= 11 is 3.53. The van der Waals surface area contributed by atoms with Crippen molar-refractivity contribution >= 4 is 50.1 Å². The summed E-state index contributed by atoms with van der Waals surface area (Å²) in [6.45, 7) is 0.545. The number of rotatable bonds is 0. The van der Waals surface area contributed by atoms with Crippen LogP contribution in [0.2, 0.25) is 0 Å². The van der Waals surface area contributed by atoms with Crippen molar-refractivity contribution in [2.45, 2.75) is 6.61 Å². The van der Waals surface area contributed by atoms with Gasteiger partial charge in [0.2, 0.25) is 0 Å². The van der Waals surface area contributed by atoms with E-state index >= 15 is 0 Å². The quantitative estimate of drug-likeness (QED) is 0.365. The van der Waals surface area contributed by atoms with Crippen molar-refractivity contribution in [1.29, 1.82) is 0 Å². The molecule has 118 valence electrons. The monoisotopic (exact) mass is 398 g/mol. The van der Waals surface area contributed by atoms with E-state index in [1.54, 1.807) is 0 Å². The number of para-hydroxylation sites is 1. The van der Waals surface area contributed by atoms with Crippen LogP contribution in [0.4, 0.5) is 0 Å². The molecule has 0 aliphatic carbocycles. The van der Waals surface area contributed by atoms with Gasteiger partial charge in [-0.3, -0.25) is 4.98 Å². The highest BCUT2D eigenvalue weighted by Gasteiger charge is 2.20. The predicted octanol–water partition coefficient (Wildman–Crippen LogP) is 5.53. The highest BCUT2D eigenvalue weighted by molar-refractivity contribution is 9.10. The highest BCUT2D eigenvalue weighted by atomic mass is 79.9. The van der Waals surface area contributed by atoms with Crippen LogP contribution in [0.3, 0.4) is 0 Å². The molecule has 0 N–H and O–H groups in total. The van der Waals surface area contributed by atoms with Crippen LogP contribution in [-0.2, 0) is 6.61 Å². The molecule has 5 rings (SSSR count). The van der Waals surface area contributed by atoms with Gasteiger partial charge in [-0.15, -0.1) is 12.4 Å². The second kappa shape index (κ2) is 5.72. The Morgan fingerprint density at radius 2 is 1.83 bits per heavy atom. The van der Waals surface area contributed by atoms with Crippen LogP contribution in [0.25, 0.3) is 33.1 Å². The molecule has 3 heterocycles. The first-order chi connectivity index (χ1) is 11.3. The minimum atomic E-state index is 0. The summed E-state index contributed by atoms with van der Waals surface area (Å²) in [6.07, 6.45) is 1.85. The molecule has 24 heavy (non-hydrogen) atoms. The number of pyridine rings is 2. The molecule has 0 radical (unpaired) electrons. The minimum absolute atomic E-state index is 0. The molecule has 0 unspecified atom stereocenters. The molecule has 1 aliphatic rings. The summed E-state index contributed by atoms with van der Waals surface area (Å²) in [5.74, 6) is 0.876. The highest BCUT2D eigenvalue weighted by Crippen LogP contribution is 2.39. The molecule has 0 fully saturated rings. The SMILES string of the molecule is Brc1ccc2c(c1)-c1nc3cnc4ccccc4c3cc1CO2.Cl. The molecular weight excluding hydrogens is 388 g/mol. The average Bonchev–Trinajstić information content (AvgIpc) is 2.60. The van der Waals surface area contributed by atoms with Crippen LogP contribution in [-0.4, -0.2) is 9.97 Å². The third-order valence-corrected chi connectivity index (χ3v) is 4.72. The number of halogens is 2. The van der Waals surface area contributed by atoms with E-state index in [1.807, 2.05) is 36.5 Å². The van der Waals surface area contributed by atoms with Gasteiger partial charge in [-0.2, -0.15) is 0 Å². The van der Waals surface area contributed by atoms with Crippen LogP contribution in [0.1, 0.15) is 5.56 Å². The molecule has 2 aromatic heterocycles. The third-order valence-electron chi connectivity index (χ3n) is 4.23. The molecule has 0 bridgehead atoms. The van der Waals surface area contributed by atoms with Crippen LogP contribution in [0.15, 0.2) is 59.2 Å². The van der Waals surface area contributed by atoms with Gasteiger partial charge in [0.15, 0.2) is 0 Å². The average molecular weight is 400 g/mol. The van der Waals surface area contributed by atoms with Crippen molar-refractivity contribution in [2.75, 3.05) is 0 Å². The van der Waals surface area contributed by atoms with Gasteiger partial charge in [-0.1, -0.05) is 34.1 Å². The van der Waals surface area contributed by atoms with Gasteiger partial charge in [0.1, 0.15) is 12.4 Å². The number of nitrogens with zero attached hydrogens (tertiary/aromatic N) is 2. The Morgan fingerprint density at radius 1 is 0.958 bits per heavy atom. The fraction of sp³-hybridized carbons (Fsp3) is 0.0526. The van der Waals surface area contributed by atoms with E-state index in [2.05, 4.69) is 39.1 Å². The first-order valence-corrected chi connectivity index (χ1v) is 8.19. The van der Waals surface area contributed by atoms with Crippen LogP contribution in [0, 0.1) is 0 Å². The molecule has 5 heteroatoms. The summed E-state index contributed by atoms with van der Waals surface area (Å²) in [6, 6.07) is 16.4. The molecular formula is C19H12BrClN2O. The number of ether oxygens (including phenoxy) is 1. The predicted molar refractivity (Wildman–Crippen MR) is 102 cm³/mol. The normalized spacial score (nSPS) is 12.2. The lowest BCUT2D eigenvalue weighted by Gasteiger charge is -2.21. The summed E-state index contributed by atoms with van der Waals surface area (Å²) in [5.41, 5.74) is 5.02. The van der Waals surface area contributed by atoms with Crippen LogP contribution < -0.4 is 4.74 Å². The number of aromatic nitrogens is 2. The number of hydrogen-bond acceptors (Lipinski definition) is 3.